The van der Waals surface area contributed by atoms with Gasteiger partial charge in [0.1, 0.15) is 5.56 Å². The molecule has 0 spiro atoms. The highest BCUT2D eigenvalue weighted by Crippen LogP contribution is 1.88. The van der Waals surface area contributed by atoms with Gasteiger partial charge >= 0.3 is 0 Å². The second-order valence-electron chi connectivity index (χ2n) is 3.38. The average molecular weight is 223 g/mol. The highest BCUT2D eigenvalue weighted by Gasteiger charge is 2.07. The number of hydrogen-bond acceptors (Lipinski definition) is 3. The van der Waals surface area contributed by atoms with Gasteiger partial charge in [0.05, 0.1) is 0 Å². The van der Waals surface area contributed by atoms with Gasteiger partial charge in [-0.15, -0.1) is 0 Å². The molecule has 0 aliphatic rings. The van der Waals surface area contributed by atoms with Crippen molar-refractivity contribution in [3.05, 3.63) is 34.2 Å². The van der Waals surface area contributed by atoms with Crippen molar-refractivity contribution >= 4 is 5.91 Å². The summed E-state index contributed by atoms with van der Waals surface area (Å²) in [6.07, 6.45) is 2.36. The zero-order valence-electron chi connectivity index (χ0n) is 9.38. The van der Waals surface area contributed by atoms with Crippen molar-refractivity contribution in [3.63, 3.8) is 0 Å². The zero-order valence-corrected chi connectivity index (χ0v) is 9.38. The monoisotopic (exact) mass is 223 g/mol. The summed E-state index contributed by atoms with van der Waals surface area (Å²) in [4.78, 5) is 25.3. The molecular weight excluding hydrogens is 206 g/mol. The molecule has 1 rings (SSSR count). The summed E-state index contributed by atoms with van der Waals surface area (Å²) < 4.78 is 0. The molecule has 1 amide bonds. The number of carbonyl (C=O) groups is 1. The van der Waals surface area contributed by atoms with Gasteiger partial charge in [0.25, 0.3) is 11.5 Å². The summed E-state index contributed by atoms with van der Waals surface area (Å²) in [6, 6.07) is 3.15. The number of pyridine rings is 1. The normalized spacial score (nSPS) is 10.1. The van der Waals surface area contributed by atoms with Gasteiger partial charge in [0, 0.05) is 12.7 Å². The van der Waals surface area contributed by atoms with Crippen molar-refractivity contribution in [2.24, 2.45) is 0 Å². The molecule has 0 unspecified atom stereocenters. The van der Waals surface area contributed by atoms with E-state index in [0.29, 0.717) is 6.54 Å². The third-order valence-corrected chi connectivity index (χ3v) is 2.13. The fourth-order valence-corrected chi connectivity index (χ4v) is 1.29. The van der Waals surface area contributed by atoms with E-state index in [-0.39, 0.29) is 17.0 Å². The fourth-order valence-electron chi connectivity index (χ4n) is 1.29. The van der Waals surface area contributed by atoms with E-state index in [0.717, 1.165) is 19.5 Å². The van der Waals surface area contributed by atoms with Crippen LogP contribution in [0.3, 0.4) is 0 Å². The van der Waals surface area contributed by atoms with Gasteiger partial charge in [-0.25, -0.2) is 0 Å². The van der Waals surface area contributed by atoms with Crippen LogP contribution in [0.1, 0.15) is 23.7 Å². The van der Waals surface area contributed by atoms with Crippen molar-refractivity contribution in [2.45, 2.75) is 13.3 Å². The zero-order chi connectivity index (χ0) is 11.8. The highest BCUT2D eigenvalue weighted by atomic mass is 16.2. The molecule has 5 nitrogen and oxygen atoms in total. The standard InChI is InChI=1S/C11H17N3O2/c1-2-12-6-4-8-14-11(16)9-5-3-7-13-10(9)15/h3,5,7,12H,2,4,6,8H2,1H3,(H,13,15)(H,14,16). The van der Waals surface area contributed by atoms with Gasteiger partial charge in [-0.2, -0.15) is 0 Å². The van der Waals surface area contributed by atoms with Gasteiger partial charge in [0.15, 0.2) is 0 Å². The maximum Gasteiger partial charge on any atom is 0.260 e. The molecule has 88 valence electrons. The van der Waals surface area contributed by atoms with Gasteiger partial charge < -0.3 is 15.6 Å². The van der Waals surface area contributed by atoms with Gasteiger partial charge in [-0.3, -0.25) is 9.59 Å². The molecule has 0 bridgehead atoms. The van der Waals surface area contributed by atoms with Crippen molar-refractivity contribution in [1.82, 2.24) is 15.6 Å². The largest absolute Gasteiger partial charge is 0.352 e. The number of nitrogens with one attached hydrogen (secondary N) is 3. The van der Waals surface area contributed by atoms with Crippen LogP contribution >= 0.6 is 0 Å². The summed E-state index contributed by atoms with van der Waals surface area (Å²) in [5.41, 5.74) is -0.197. The topological polar surface area (TPSA) is 74.0 Å². The first-order valence-corrected chi connectivity index (χ1v) is 5.42. The quantitative estimate of drug-likeness (QED) is 0.599. The number of rotatable bonds is 6. The Hall–Kier alpha value is -1.62. The molecule has 0 aliphatic carbocycles. The predicted molar refractivity (Wildman–Crippen MR) is 62.6 cm³/mol. The summed E-state index contributed by atoms with van der Waals surface area (Å²) in [6.45, 7) is 4.39. The van der Waals surface area contributed by atoms with Crippen LogP contribution in [-0.2, 0) is 0 Å². The molecule has 3 N–H and O–H groups in total. The first-order valence-electron chi connectivity index (χ1n) is 5.42. The smallest absolute Gasteiger partial charge is 0.260 e. The summed E-state index contributed by atoms with van der Waals surface area (Å²) in [7, 11) is 0. The number of carbonyl (C=O) groups excluding carboxylic acids is 1. The van der Waals surface area contributed by atoms with Gasteiger partial charge in [0.2, 0.25) is 0 Å². The van der Waals surface area contributed by atoms with E-state index < -0.39 is 0 Å². The second-order valence-corrected chi connectivity index (χ2v) is 3.38. The molecule has 5 heteroatoms. The lowest BCUT2D eigenvalue weighted by Gasteiger charge is -2.04. The van der Waals surface area contributed by atoms with E-state index in [2.05, 4.69) is 15.6 Å². The fraction of sp³-hybridized carbons (Fsp3) is 0.455. The second kappa shape index (κ2) is 6.79. The Labute approximate surface area is 94.3 Å². The Balaban J connectivity index is 2.36. The maximum atomic E-state index is 11.5. The van der Waals surface area contributed by atoms with Gasteiger partial charge in [-0.05, 0) is 31.6 Å². The first-order chi connectivity index (χ1) is 7.75. The molecule has 0 atom stereocenters. The van der Waals surface area contributed by atoms with Crippen LogP contribution in [0.2, 0.25) is 0 Å². The average Bonchev–Trinajstić information content (AvgIpc) is 2.29. The number of amides is 1. The minimum Gasteiger partial charge on any atom is -0.352 e. The molecule has 0 aliphatic heterocycles. The minimum atomic E-state index is -0.355. The van der Waals surface area contributed by atoms with Crippen LogP contribution < -0.4 is 16.2 Å². The molecular formula is C11H17N3O2. The van der Waals surface area contributed by atoms with Crippen LogP contribution in [0.15, 0.2) is 23.1 Å². The van der Waals surface area contributed by atoms with Crippen LogP contribution in [0, 0.1) is 0 Å². The van der Waals surface area contributed by atoms with E-state index in [1.165, 1.54) is 12.3 Å². The van der Waals surface area contributed by atoms with E-state index in [1.807, 2.05) is 6.92 Å². The number of aromatic amines is 1. The number of H-pyrrole nitrogens is 1. The van der Waals surface area contributed by atoms with Crippen molar-refractivity contribution < 1.29 is 4.79 Å². The summed E-state index contributed by atoms with van der Waals surface area (Å²) >= 11 is 0. The molecule has 0 aromatic carbocycles. The van der Waals surface area contributed by atoms with Crippen LogP contribution in [0.25, 0.3) is 0 Å². The molecule has 0 saturated heterocycles. The van der Waals surface area contributed by atoms with Crippen molar-refractivity contribution in [1.29, 1.82) is 0 Å². The molecule has 0 saturated carbocycles. The SMILES string of the molecule is CCNCCCNC(=O)c1ccc[nH]c1=O. The Morgan fingerprint density at radius 1 is 1.44 bits per heavy atom. The Morgan fingerprint density at radius 3 is 2.94 bits per heavy atom. The van der Waals surface area contributed by atoms with Gasteiger partial charge in [-0.1, -0.05) is 6.92 Å². The minimum absolute atomic E-state index is 0.158. The van der Waals surface area contributed by atoms with Crippen LogP contribution in [0.5, 0.6) is 0 Å². The number of hydrogen-bond donors (Lipinski definition) is 3. The lowest BCUT2D eigenvalue weighted by atomic mass is 10.2. The lowest BCUT2D eigenvalue weighted by Crippen LogP contribution is -2.31. The molecule has 16 heavy (non-hydrogen) atoms. The molecule has 1 aromatic heterocycles. The van der Waals surface area contributed by atoms with Crippen LogP contribution in [-0.4, -0.2) is 30.5 Å². The molecule has 1 aromatic rings. The molecule has 0 radical (unpaired) electrons. The molecule has 0 fully saturated rings. The predicted octanol–water partition coefficient (Wildman–Crippen LogP) is 0.104. The van der Waals surface area contributed by atoms with E-state index in [4.69, 9.17) is 0 Å². The van der Waals surface area contributed by atoms with E-state index in [9.17, 15) is 9.59 Å². The molecule has 1 heterocycles. The Morgan fingerprint density at radius 2 is 2.25 bits per heavy atom. The van der Waals surface area contributed by atoms with E-state index >= 15 is 0 Å². The summed E-state index contributed by atoms with van der Waals surface area (Å²) in [5.74, 6) is -0.321. The highest BCUT2D eigenvalue weighted by molar-refractivity contribution is 5.93. The first kappa shape index (κ1) is 12.4. The van der Waals surface area contributed by atoms with E-state index in [1.54, 1.807) is 6.07 Å². The Kier molecular flexibility index (Phi) is 5.28. The maximum absolute atomic E-state index is 11.5. The Bertz CT molecular complexity index is 387. The van der Waals surface area contributed by atoms with Crippen molar-refractivity contribution in [3.8, 4) is 0 Å². The third-order valence-electron chi connectivity index (χ3n) is 2.13. The lowest BCUT2D eigenvalue weighted by molar-refractivity contribution is 0.0951. The summed E-state index contributed by atoms with van der Waals surface area (Å²) in [5, 5.41) is 5.85. The third kappa shape index (κ3) is 3.86. The van der Waals surface area contributed by atoms with Crippen molar-refractivity contribution in [2.75, 3.05) is 19.6 Å². The van der Waals surface area contributed by atoms with Crippen LogP contribution in [0.4, 0.5) is 0 Å². The number of aromatic nitrogens is 1.